The minimum absolute atomic E-state index is 0.846. The third-order valence-corrected chi connectivity index (χ3v) is 3.00. The third kappa shape index (κ3) is 5.42. The first kappa shape index (κ1) is 15.7. The van der Waals surface area contributed by atoms with Gasteiger partial charge >= 0.3 is 0 Å². The summed E-state index contributed by atoms with van der Waals surface area (Å²) in [6.07, 6.45) is 7.11. The number of aromatic nitrogens is 2. The van der Waals surface area contributed by atoms with Crippen LogP contribution in [0.5, 0.6) is 0 Å². The third-order valence-electron chi connectivity index (χ3n) is 3.00. The number of nitrogens with zero attached hydrogens (tertiary/aromatic N) is 2. The van der Waals surface area contributed by atoms with Crippen molar-refractivity contribution in [2.75, 3.05) is 37.9 Å². The summed E-state index contributed by atoms with van der Waals surface area (Å²) in [5, 5.41) is 6.55. The predicted molar refractivity (Wildman–Crippen MR) is 79.8 cm³/mol. The maximum atomic E-state index is 5.04. The first-order chi connectivity index (χ1) is 9.33. The number of unbranched alkanes of at least 4 members (excludes halogenated alkanes) is 2. The van der Waals surface area contributed by atoms with Gasteiger partial charge in [-0.15, -0.1) is 0 Å². The highest BCUT2D eigenvalue weighted by atomic mass is 16.5. The second kappa shape index (κ2) is 9.55. The van der Waals surface area contributed by atoms with Gasteiger partial charge in [0.1, 0.15) is 18.0 Å². The van der Waals surface area contributed by atoms with Crippen LogP contribution in [0.3, 0.4) is 0 Å². The van der Waals surface area contributed by atoms with Gasteiger partial charge in [0.2, 0.25) is 0 Å². The second-order valence-corrected chi connectivity index (χ2v) is 4.53. The lowest BCUT2D eigenvalue weighted by molar-refractivity contribution is 0.192. The number of ether oxygens (including phenoxy) is 1. The number of nitrogens with one attached hydrogen (secondary N) is 2. The first-order valence-corrected chi connectivity index (χ1v) is 7.07. The van der Waals surface area contributed by atoms with Crippen LogP contribution in [0.15, 0.2) is 6.33 Å². The fraction of sp³-hybridized carbons (Fsp3) is 0.714. The average Bonchev–Trinajstić information content (AvgIpc) is 2.44. The Labute approximate surface area is 116 Å². The fourth-order valence-electron chi connectivity index (χ4n) is 2.02. The zero-order valence-electron chi connectivity index (χ0n) is 12.3. The number of hydrogen-bond acceptors (Lipinski definition) is 5. The molecule has 0 bridgehead atoms. The predicted octanol–water partition coefficient (Wildman–Crippen LogP) is 2.70. The quantitative estimate of drug-likeness (QED) is 0.638. The summed E-state index contributed by atoms with van der Waals surface area (Å²) in [6, 6.07) is 0. The van der Waals surface area contributed by atoms with Crippen LogP contribution in [-0.2, 0) is 11.2 Å². The van der Waals surface area contributed by atoms with Crippen LogP contribution in [0.1, 0.15) is 38.2 Å². The maximum Gasteiger partial charge on any atom is 0.134 e. The molecule has 5 nitrogen and oxygen atoms in total. The van der Waals surface area contributed by atoms with Gasteiger partial charge in [0.15, 0.2) is 0 Å². The molecule has 108 valence electrons. The van der Waals surface area contributed by atoms with E-state index in [2.05, 4.69) is 27.5 Å². The van der Waals surface area contributed by atoms with Crippen molar-refractivity contribution in [1.82, 2.24) is 9.97 Å². The van der Waals surface area contributed by atoms with E-state index in [9.17, 15) is 0 Å². The largest absolute Gasteiger partial charge is 0.385 e. The molecule has 0 spiro atoms. The van der Waals surface area contributed by atoms with E-state index in [0.717, 1.165) is 50.5 Å². The van der Waals surface area contributed by atoms with Crippen molar-refractivity contribution >= 4 is 11.6 Å². The first-order valence-electron chi connectivity index (χ1n) is 7.07. The number of methoxy groups -OCH3 is 1. The van der Waals surface area contributed by atoms with E-state index in [4.69, 9.17) is 4.74 Å². The zero-order valence-corrected chi connectivity index (χ0v) is 12.3. The van der Waals surface area contributed by atoms with E-state index < -0.39 is 0 Å². The molecule has 1 aromatic rings. The molecule has 0 aliphatic carbocycles. The minimum atomic E-state index is 0.846. The Bertz CT molecular complexity index is 357. The Morgan fingerprint density at radius 1 is 1.16 bits per heavy atom. The lowest BCUT2D eigenvalue weighted by Crippen LogP contribution is -2.09. The summed E-state index contributed by atoms with van der Waals surface area (Å²) >= 11 is 0. The summed E-state index contributed by atoms with van der Waals surface area (Å²) in [7, 11) is 3.64. The van der Waals surface area contributed by atoms with Gasteiger partial charge in [0.05, 0.1) is 0 Å². The Kier molecular flexibility index (Phi) is 7.89. The van der Waals surface area contributed by atoms with Gasteiger partial charge in [0, 0.05) is 32.9 Å². The van der Waals surface area contributed by atoms with Crippen LogP contribution in [-0.4, -0.2) is 37.3 Å². The van der Waals surface area contributed by atoms with Gasteiger partial charge in [0.25, 0.3) is 0 Å². The van der Waals surface area contributed by atoms with E-state index in [1.807, 2.05) is 7.05 Å². The molecule has 0 aromatic carbocycles. The van der Waals surface area contributed by atoms with Crippen molar-refractivity contribution in [2.24, 2.45) is 0 Å². The van der Waals surface area contributed by atoms with Gasteiger partial charge < -0.3 is 15.4 Å². The number of hydrogen-bond donors (Lipinski definition) is 2. The maximum absolute atomic E-state index is 5.04. The molecule has 0 saturated carbocycles. The number of rotatable bonds is 10. The minimum Gasteiger partial charge on any atom is -0.385 e. The van der Waals surface area contributed by atoms with E-state index in [1.165, 1.54) is 12.0 Å². The molecule has 0 saturated heterocycles. The molecule has 0 fully saturated rings. The Morgan fingerprint density at radius 2 is 1.95 bits per heavy atom. The standard InChI is InChI=1S/C14H26N4O/c1-4-8-12-13(15-2)17-11-18-14(12)16-9-6-5-7-10-19-3/h11H,4-10H2,1-3H3,(H2,15,16,17,18). The van der Waals surface area contributed by atoms with Crippen molar-refractivity contribution in [1.29, 1.82) is 0 Å². The summed E-state index contributed by atoms with van der Waals surface area (Å²) in [5.74, 6) is 1.90. The van der Waals surface area contributed by atoms with Crippen LogP contribution in [0.2, 0.25) is 0 Å². The van der Waals surface area contributed by atoms with Crippen molar-refractivity contribution in [3.63, 3.8) is 0 Å². The van der Waals surface area contributed by atoms with Gasteiger partial charge in [-0.3, -0.25) is 0 Å². The Hall–Kier alpha value is -1.36. The molecule has 0 amide bonds. The lowest BCUT2D eigenvalue weighted by atomic mass is 10.1. The van der Waals surface area contributed by atoms with Crippen LogP contribution >= 0.6 is 0 Å². The smallest absolute Gasteiger partial charge is 0.134 e. The molecular formula is C14H26N4O. The Morgan fingerprint density at radius 3 is 2.63 bits per heavy atom. The summed E-state index contributed by atoms with van der Waals surface area (Å²) in [5.41, 5.74) is 1.18. The number of anilines is 2. The van der Waals surface area contributed by atoms with Crippen molar-refractivity contribution in [3.05, 3.63) is 11.9 Å². The van der Waals surface area contributed by atoms with Crippen molar-refractivity contribution in [3.8, 4) is 0 Å². The molecule has 19 heavy (non-hydrogen) atoms. The van der Waals surface area contributed by atoms with Crippen LogP contribution < -0.4 is 10.6 Å². The highest BCUT2D eigenvalue weighted by molar-refractivity contribution is 5.57. The topological polar surface area (TPSA) is 59.1 Å². The van der Waals surface area contributed by atoms with Crippen molar-refractivity contribution < 1.29 is 4.74 Å². The zero-order chi connectivity index (χ0) is 13.9. The molecule has 0 aliphatic rings. The van der Waals surface area contributed by atoms with Gasteiger partial charge in [-0.1, -0.05) is 13.3 Å². The molecule has 1 aromatic heterocycles. The molecule has 0 aliphatic heterocycles. The van der Waals surface area contributed by atoms with E-state index in [-0.39, 0.29) is 0 Å². The summed E-state index contributed by atoms with van der Waals surface area (Å²) < 4.78 is 5.04. The lowest BCUT2D eigenvalue weighted by Gasteiger charge is -2.13. The molecule has 2 N–H and O–H groups in total. The molecule has 1 heterocycles. The molecule has 5 heteroatoms. The van der Waals surface area contributed by atoms with Crippen molar-refractivity contribution in [2.45, 2.75) is 39.0 Å². The molecule has 0 unspecified atom stereocenters. The normalized spacial score (nSPS) is 10.5. The summed E-state index contributed by atoms with van der Waals surface area (Å²) in [6.45, 7) is 3.96. The second-order valence-electron chi connectivity index (χ2n) is 4.53. The van der Waals surface area contributed by atoms with Crippen LogP contribution in [0.4, 0.5) is 11.6 Å². The van der Waals surface area contributed by atoms with E-state index >= 15 is 0 Å². The highest BCUT2D eigenvalue weighted by Gasteiger charge is 2.08. The van der Waals surface area contributed by atoms with Crippen LogP contribution in [0, 0.1) is 0 Å². The molecule has 1 rings (SSSR count). The highest BCUT2D eigenvalue weighted by Crippen LogP contribution is 2.21. The Balaban J connectivity index is 2.47. The monoisotopic (exact) mass is 266 g/mol. The molecule has 0 atom stereocenters. The van der Waals surface area contributed by atoms with E-state index in [1.54, 1.807) is 13.4 Å². The summed E-state index contributed by atoms with van der Waals surface area (Å²) in [4.78, 5) is 8.62. The van der Waals surface area contributed by atoms with Gasteiger partial charge in [-0.2, -0.15) is 0 Å². The SMILES string of the molecule is CCCc1c(NC)ncnc1NCCCCCOC. The van der Waals surface area contributed by atoms with E-state index in [0.29, 0.717) is 0 Å². The average molecular weight is 266 g/mol. The molecule has 0 radical (unpaired) electrons. The van der Waals surface area contributed by atoms with Gasteiger partial charge in [-0.05, 0) is 25.7 Å². The van der Waals surface area contributed by atoms with Gasteiger partial charge in [-0.25, -0.2) is 9.97 Å². The molecular weight excluding hydrogens is 240 g/mol. The van der Waals surface area contributed by atoms with Crippen LogP contribution in [0.25, 0.3) is 0 Å². The fourth-order valence-corrected chi connectivity index (χ4v) is 2.02.